The van der Waals surface area contributed by atoms with Gasteiger partial charge in [0.1, 0.15) is 5.01 Å². The van der Waals surface area contributed by atoms with E-state index < -0.39 is 0 Å². The van der Waals surface area contributed by atoms with Crippen molar-refractivity contribution in [1.29, 1.82) is 0 Å². The third-order valence-corrected chi connectivity index (χ3v) is 4.06. The maximum atomic E-state index is 11.8. The SMILES string of the molecule is C=C(C)C(=O)N(C)Cc1csc(CN2CCOCC2)n1. The molecule has 0 spiro atoms. The molecule has 0 unspecified atom stereocenters. The Labute approximate surface area is 123 Å². The molecule has 2 heterocycles. The number of carbonyl (C=O) groups excluding carboxylic acids is 1. The van der Waals surface area contributed by atoms with E-state index in [1.165, 1.54) is 0 Å². The first-order chi connectivity index (χ1) is 9.56. The van der Waals surface area contributed by atoms with Crippen LogP contribution in [-0.2, 0) is 22.6 Å². The Morgan fingerprint density at radius 2 is 2.25 bits per heavy atom. The van der Waals surface area contributed by atoms with E-state index in [2.05, 4.69) is 16.5 Å². The van der Waals surface area contributed by atoms with E-state index in [-0.39, 0.29) is 5.91 Å². The highest BCUT2D eigenvalue weighted by atomic mass is 32.1. The van der Waals surface area contributed by atoms with E-state index in [4.69, 9.17) is 4.74 Å². The Balaban J connectivity index is 1.88. The van der Waals surface area contributed by atoms with E-state index in [0.717, 1.165) is 43.5 Å². The Kier molecular flexibility index (Phi) is 5.28. The molecule has 0 aliphatic carbocycles. The summed E-state index contributed by atoms with van der Waals surface area (Å²) in [6, 6.07) is 0. The van der Waals surface area contributed by atoms with Gasteiger partial charge in [-0.1, -0.05) is 6.58 Å². The number of carbonyl (C=O) groups is 1. The van der Waals surface area contributed by atoms with Crippen LogP contribution in [0.4, 0.5) is 0 Å². The molecule has 20 heavy (non-hydrogen) atoms. The summed E-state index contributed by atoms with van der Waals surface area (Å²) in [6.07, 6.45) is 0. The molecule has 2 rings (SSSR count). The van der Waals surface area contributed by atoms with Crippen molar-refractivity contribution in [3.8, 4) is 0 Å². The molecule has 0 aromatic carbocycles. The molecule has 0 atom stereocenters. The number of nitrogens with zero attached hydrogens (tertiary/aromatic N) is 3. The smallest absolute Gasteiger partial charge is 0.248 e. The average Bonchev–Trinajstić information content (AvgIpc) is 2.86. The number of rotatable bonds is 5. The number of hydrogen-bond acceptors (Lipinski definition) is 5. The number of amides is 1. The number of morpholine rings is 1. The summed E-state index contributed by atoms with van der Waals surface area (Å²) < 4.78 is 5.33. The molecular weight excluding hydrogens is 274 g/mol. The summed E-state index contributed by atoms with van der Waals surface area (Å²) in [5, 5.41) is 3.12. The summed E-state index contributed by atoms with van der Waals surface area (Å²) >= 11 is 1.65. The van der Waals surface area contributed by atoms with Crippen molar-refractivity contribution in [3.63, 3.8) is 0 Å². The van der Waals surface area contributed by atoms with Gasteiger partial charge in [-0.25, -0.2) is 4.98 Å². The van der Waals surface area contributed by atoms with Crippen molar-refractivity contribution in [1.82, 2.24) is 14.8 Å². The van der Waals surface area contributed by atoms with Crippen LogP contribution in [0.3, 0.4) is 0 Å². The van der Waals surface area contributed by atoms with Gasteiger partial charge in [-0.15, -0.1) is 11.3 Å². The lowest BCUT2D eigenvalue weighted by atomic mass is 10.3. The zero-order valence-electron chi connectivity index (χ0n) is 12.1. The largest absolute Gasteiger partial charge is 0.379 e. The Hall–Kier alpha value is -1.24. The Morgan fingerprint density at radius 3 is 2.90 bits per heavy atom. The van der Waals surface area contributed by atoms with Crippen LogP contribution in [0.5, 0.6) is 0 Å². The minimum Gasteiger partial charge on any atom is -0.379 e. The van der Waals surface area contributed by atoms with Crippen molar-refractivity contribution >= 4 is 17.2 Å². The molecule has 1 fully saturated rings. The molecule has 6 heteroatoms. The molecule has 1 aliphatic rings. The van der Waals surface area contributed by atoms with Crippen molar-refractivity contribution in [2.45, 2.75) is 20.0 Å². The molecule has 1 saturated heterocycles. The van der Waals surface area contributed by atoms with Gasteiger partial charge >= 0.3 is 0 Å². The molecule has 0 radical (unpaired) electrons. The second-order valence-corrected chi connectivity index (χ2v) is 6.01. The van der Waals surface area contributed by atoms with Gasteiger partial charge in [-0.3, -0.25) is 9.69 Å². The van der Waals surface area contributed by atoms with Crippen molar-refractivity contribution in [2.75, 3.05) is 33.4 Å². The van der Waals surface area contributed by atoms with E-state index in [1.807, 2.05) is 5.38 Å². The molecule has 1 aromatic rings. The minimum atomic E-state index is -0.0345. The molecule has 0 bridgehead atoms. The van der Waals surface area contributed by atoms with Gasteiger partial charge in [0.25, 0.3) is 0 Å². The second kappa shape index (κ2) is 6.97. The maximum absolute atomic E-state index is 11.8. The van der Waals surface area contributed by atoms with Gasteiger partial charge in [0.2, 0.25) is 5.91 Å². The number of hydrogen-bond donors (Lipinski definition) is 0. The van der Waals surface area contributed by atoms with Gasteiger partial charge in [-0.2, -0.15) is 0 Å². The third kappa shape index (κ3) is 4.13. The predicted octanol–water partition coefficient (Wildman–Crippen LogP) is 1.51. The highest BCUT2D eigenvalue weighted by Crippen LogP contribution is 2.15. The Bertz CT molecular complexity index is 481. The van der Waals surface area contributed by atoms with Crippen LogP contribution in [0.1, 0.15) is 17.6 Å². The third-order valence-electron chi connectivity index (χ3n) is 3.17. The molecule has 110 valence electrons. The van der Waals surface area contributed by atoms with Crippen LogP contribution in [0, 0.1) is 0 Å². The zero-order valence-corrected chi connectivity index (χ0v) is 12.9. The average molecular weight is 295 g/mol. The fraction of sp³-hybridized carbons (Fsp3) is 0.571. The number of likely N-dealkylation sites (N-methyl/N-ethyl adjacent to an activating group) is 1. The summed E-state index contributed by atoms with van der Waals surface area (Å²) in [6.45, 7) is 10.3. The number of aromatic nitrogens is 1. The van der Waals surface area contributed by atoms with E-state index >= 15 is 0 Å². The lowest BCUT2D eigenvalue weighted by Crippen LogP contribution is -2.35. The fourth-order valence-corrected chi connectivity index (χ4v) is 2.91. The lowest BCUT2D eigenvalue weighted by Gasteiger charge is -2.25. The molecule has 1 aromatic heterocycles. The van der Waals surface area contributed by atoms with Crippen LogP contribution in [-0.4, -0.2) is 54.0 Å². The summed E-state index contributed by atoms with van der Waals surface area (Å²) in [5.74, 6) is -0.0345. The van der Waals surface area contributed by atoms with Gasteiger partial charge in [0, 0.05) is 31.1 Å². The van der Waals surface area contributed by atoms with Crippen LogP contribution < -0.4 is 0 Å². The lowest BCUT2D eigenvalue weighted by molar-refractivity contribution is -0.126. The maximum Gasteiger partial charge on any atom is 0.248 e. The minimum absolute atomic E-state index is 0.0345. The molecule has 0 saturated carbocycles. The first-order valence-electron chi connectivity index (χ1n) is 6.70. The summed E-state index contributed by atoms with van der Waals surface area (Å²) in [7, 11) is 1.78. The topological polar surface area (TPSA) is 45.7 Å². The van der Waals surface area contributed by atoms with Crippen LogP contribution in [0.15, 0.2) is 17.5 Å². The van der Waals surface area contributed by atoms with Crippen LogP contribution in [0.2, 0.25) is 0 Å². The second-order valence-electron chi connectivity index (χ2n) is 5.06. The van der Waals surface area contributed by atoms with Gasteiger partial charge in [0.15, 0.2) is 0 Å². The molecular formula is C14H21N3O2S. The number of ether oxygens (including phenoxy) is 1. The Morgan fingerprint density at radius 1 is 1.55 bits per heavy atom. The standard InChI is InChI=1S/C14H21N3O2S/c1-11(2)14(18)16(3)8-12-10-20-13(15-12)9-17-4-6-19-7-5-17/h10H,1,4-9H2,2-3H3. The van der Waals surface area contributed by atoms with Crippen LogP contribution in [0.25, 0.3) is 0 Å². The van der Waals surface area contributed by atoms with E-state index in [1.54, 1.807) is 30.2 Å². The highest BCUT2D eigenvalue weighted by Gasteiger charge is 2.14. The van der Waals surface area contributed by atoms with Gasteiger partial charge in [0.05, 0.1) is 32.0 Å². The molecule has 1 aliphatic heterocycles. The monoisotopic (exact) mass is 295 g/mol. The predicted molar refractivity (Wildman–Crippen MR) is 79.5 cm³/mol. The van der Waals surface area contributed by atoms with Gasteiger partial charge < -0.3 is 9.64 Å². The highest BCUT2D eigenvalue weighted by molar-refractivity contribution is 7.09. The van der Waals surface area contributed by atoms with Crippen molar-refractivity contribution in [2.24, 2.45) is 0 Å². The quantitative estimate of drug-likeness (QED) is 0.773. The first kappa shape index (κ1) is 15.2. The molecule has 0 N–H and O–H groups in total. The van der Waals surface area contributed by atoms with Gasteiger partial charge in [-0.05, 0) is 6.92 Å². The van der Waals surface area contributed by atoms with Crippen molar-refractivity contribution < 1.29 is 9.53 Å². The molecule has 5 nitrogen and oxygen atoms in total. The summed E-state index contributed by atoms with van der Waals surface area (Å²) in [4.78, 5) is 20.3. The van der Waals surface area contributed by atoms with Crippen LogP contribution >= 0.6 is 11.3 Å². The van der Waals surface area contributed by atoms with E-state index in [0.29, 0.717) is 12.1 Å². The first-order valence-corrected chi connectivity index (χ1v) is 7.58. The summed E-state index contributed by atoms with van der Waals surface area (Å²) in [5.41, 5.74) is 1.49. The zero-order chi connectivity index (χ0) is 14.5. The fourth-order valence-electron chi connectivity index (χ4n) is 2.09. The van der Waals surface area contributed by atoms with E-state index in [9.17, 15) is 4.79 Å². The van der Waals surface area contributed by atoms with Crippen molar-refractivity contribution in [3.05, 3.63) is 28.2 Å². The molecule has 1 amide bonds. The normalized spacial score (nSPS) is 16.1. The number of thiazole rings is 1.